The smallest absolute Gasteiger partial charge is 0.234 e. The molecule has 72 heavy (non-hydrogen) atoms. The molecule has 4 aromatic carbocycles. The van der Waals surface area contributed by atoms with E-state index in [2.05, 4.69) is 56.6 Å². The Morgan fingerprint density at radius 3 is 1.38 bits per heavy atom. The number of benzene rings is 4. The summed E-state index contributed by atoms with van der Waals surface area (Å²) in [6.45, 7) is 5.74. The van der Waals surface area contributed by atoms with Crippen molar-refractivity contribution in [2.24, 2.45) is 33.3 Å². The van der Waals surface area contributed by atoms with Crippen LogP contribution < -0.4 is 41.0 Å². The van der Waals surface area contributed by atoms with Crippen LogP contribution >= 0.6 is 23.2 Å². The third-order valence-electron chi connectivity index (χ3n) is 13.0. The second kappa shape index (κ2) is 24.1. The van der Waals surface area contributed by atoms with Gasteiger partial charge < -0.3 is 41.0 Å². The number of halogens is 2. The van der Waals surface area contributed by atoms with Crippen LogP contribution in [0.4, 0.5) is 0 Å². The van der Waals surface area contributed by atoms with E-state index in [0.717, 1.165) is 92.4 Å². The van der Waals surface area contributed by atoms with Crippen LogP contribution in [0, 0.1) is 25.7 Å². The molecule has 14 nitrogen and oxygen atoms in total. The molecule has 0 spiro atoms. The molecule has 8 rings (SSSR count). The molecule has 2 heterocycles. The number of amides is 2. The van der Waals surface area contributed by atoms with Crippen molar-refractivity contribution in [3.63, 3.8) is 0 Å². The second-order valence-electron chi connectivity index (χ2n) is 18.3. The molecule has 2 saturated carbocycles. The van der Waals surface area contributed by atoms with E-state index in [4.69, 9.17) is 53.6 Å². The maximum atomic E-state index is 12.3. The topological polar surface area (TPSA) is 198 Å². The summed E-state index contributed by atoms with van der Waals surface area (Å²) in [5.74, 6) is 1.70. The molecule has 0 unspecified atom stereocenters. The maximum absolute atomic E-state index is 12.3. The van der Waals surface area contributed by atoms with Crippen molar-refractivity contribution >= 4 is 47.4 Å². The van der Waals surface area contributed by atoms with Crippen LogP contribution in [0.15, 0.2) is 108 Å². The lowest BCUT2D eigenvalue weighted by Gasteiger charge is -2.20. The molecule has 2 aliphatic rings. The number of rotatable bonds is 25. The first-order valence-corrected chi connectivity index (χ1v) is 24.8. The first-order chi connectivity index (χ1) is 34.9. The number of nitrogens with zero attached hydrogens (tertiary/aromatic N) is 4. The Bertz CT molecular complexity index is 2780. The van der Waals surface area contributed by atoms with E-state index in [1.807, 2.05) is 48.5 Å². The zero-order chi connectivity index (χ0) is 50.7. The van der Waals surface area contributed by atoms with Crippen LogP contribution in [0.3, 0.4) is 0 Å². The molecule has 0 aliphatic heterocycles. The minimum atomic E-state index is -0.442. The SMILES string of the molecule is C/N=C/c1cncc(COc2cc(OCc3cccc(-c4cccc(COc5cc(OCc6cncc(/C=N/C)c6)c(CN[C@H](C(N)=O)C6CC6)cc5Cl)c4C)c3C)c(Cl)cc2CN[C@H](C(N)=O)C2CC2)c1. The van der Waals surface area contributed by atoms with Crippen LogP contribution in [0.5, 0.6) is 23.0 Å². The largest absolute Gasteiger partial charge is 0.488 e. The number of hydrogen-bond donors (Lipinski definition) is 4. The Morgan fingerprint density at radius 2 is 1.00 bits per heavy atom. The molecule has 2 amide bonds. The molecule has 2 fully saturated rings. The number of hydrogen-bond acceptors (Lipinski definition) is 12. The zero-order valence-corrected chi connectivity index (χ0v) is 42.4. The first kappa shape index (κ1) is 51.5. The van der Waals surface area contributed by atoms with Gasteiger partial charge in [0.1, 0.15) is 49.4 Å². The monoisotopic (exact) mass is 1010 g/mol. The lowest BCUT2D eigenvalue weighted by molar-refractivity contribution is -0.121. The number of carbonyl (C=O) groups is 2. The van der Waals surface area contributed by atoms with Gasteiger partial charge in [0.05, 0.1) is 22.1 Å². The van der Waals surface area contributed by atoms with Crippen LogP contribution in [-0.4, -0.2) is 60.4 Å². The molecule has 0 radical (unpaired) electrons. The van der Waals surface area contributed by atoms with Gasteiger partial charge in [0.2, 0.25) is 11.8 Å². The highest BCUT2D eigenvalue weighted by atomic mass is 35.5. The minimum Gasteiger partial charge on any atom is -0.488 e. The molecule has 0 saturated heterocycles. The number of carbonyl (C=O) groups excluding carboxylic acids is 2. The van der Waals surface area contributed by atoms with Crippen molar-refractivity contribution in [2.75, 3.05) is 14.1 Å². The molecule has 2 aliphatic carbocycles. The van der Waals surface area contributed by atoms with E-state index >= 15 is 0 Å². The van der Waals surface area contributed by atoms with Crippen LogP contribution in [0.1, 0.15) is 81.3 Å². The predicted octanol–water partition coefficient (Wildman–Crippen LogP) is 9.19. The number of nitrogens with two attached hydrogens (primary N) is 2. The zero-order valence-electron chi connectivity index (χ0n) is 40.9. The van der Waals surface area contributed by atoms with Crippen molar-refractivity contribution in [3.8, 4) is 34.1 Å². The summed E-state index contributed by atoms with van der Waals surface area (Å²) in [4.78, 5) is 41.5. The maximum Gasteiger partial charge on any atom is 0.234 e. The van der Waals surface area contributed by atoms with E-state index in [0.29, 0.717) is 46.1 Å². The van der Waals surface area contributed by atoms with E-state index < -0.39 is 12.1 Å². The number of primary amides is 2. The van der Waals surface area contributed by atoms with Crippen molar-refractivity contribution in [3.05, 3.63) is 163 Å². The lowest BCUT2D eigenvalue weighted by Crippen LogP contribution is -2.42. The van der Waals surface area contributed by atoms with Crippen molar-refractivity contribution < 1.29 is 28.5 Å². The molecular formula is C56H60Cl2N8O6. The van der Waals surface area contributed by atoms with Gasteiger partial charge >= 0.3 is 0 Å². The Balaban J connectivity index is 0.987. The predicted molar refractivity (Wildman–Crippen MR) is 282 cm³/mol. The molecule has 6 N–H and O–H groups in total. The molecule has 6 aromatic rings. The fourth-order valence-electron chi connectivity index (χ4n) is 8.73. The van der Waals surface area contributed by atoms with Crippen molar-refractivity contribution in [1.29, 1.82) is 0 Å². The van der Waals surface area contributed by atoms with Gasteiger partial charge in [0.15, 0.2) is 0 Å². The number of aliphatic imine (C=N–C) groups is 2. The van der Waals surface area contributed by atoms with Gasteiger partial charge in [0, 0.05) is 110 Å². The first-order valence-electron chi connectivity index (χ1n) is 24.0. The summed E-state index contributed by atoms with van der Waals surface area (Å²) in [7, 11) is 3.42. The van der Waals surface area contributed by atoms with Crippen LogP contribution in [0.25, 0.3) is 11.1 Å². The molecule has 16 heteroatoms. The quantitative estimate of drug-likeness (QED) is 0.0401. The molecule has 2 aromatic heterocycles. The normalized spacial score (nSPS) is 14.4. The Hall–Kier alpha value is -6.84. The summed E-state index contributed by atoms with van der Waals surface area (Å²) >= 11 is 13.9. The van der Waals surface area contributed by atoms with Crippen molar-refractivity contribution in [2.45, 2.75) is 91.1 Å². The average molecular weight is 1010 g/mol. The third kappa shape index (κ3) is 13.4. The summed E-state index contributed by atoms with van der Waals surface area (Å²) in [6, 6.07) is 22.6. The van der Waals surface area contributed by atoms with E-state index in [-0.39, 0.29) is 50.1 Å². The van der Waals surface area contributed by atoms with E-state index in [1.54, 1.807) is 63.4 Å². The third-order valence-corrected chi connectivity index (χ3v) is 13.6. The summed E-state index contributed by atoms with van der Waals surface area (Å²) in [5, 5.41) is 7.48. The Kier molecular flexibility index (Phi) is 17.2. The van der Waals surface area contributed by atoms with E-state index in [9.17, 15) is 9.59 Å². The number of pyridine rings is 2. The van der Waals surface area contributed by atoms with Gasteiger partial charge in [-0.15, -0.1) is 0 Å². The summed E-state index contributed by atoms with van der Waals surface area (Å²) in [6.07, 6.45) is 14.3. The molecule has 0 bridgehead atoms. The van der Waals surface area contributed by atoms with Gasteiger partial charge in [-0.1, -0.05) is 59.6 Å². The second-order valence-corrected chi connectivity index (χ2v) is 19.2. The van der Waals surface area contributed by atoms with Crippen molar-refractivity contribution in [1.82, 2.24) is 20.6 Å². The Morgan fingerprint density at radius 1 is 0.597 bits per heavy atom. The highest BCUT2D eigenvalue weighted by molar-refractivity contribution is 6.32. The van der Waals surface area contributed by atoms with Gasteiger partial charge in [-0.2, -0.15) is 0 Å². The summed E-state index contributed by atoms with van der Waals surface area (Å²) < 4.78 is 25.8. The molecule has 374 valence electrons. The Labute approximate surface area is 430 Å². The molecular weight excluding hydrogens is 952 g/mol. The summed E-state index contributed by atoms with van der Waals surface area (Å²) in [5.41, 5.74) is 22.6. The highest BCUT2D eigenvalue weighted by Gasteiger charge is 2.36. The van der Waals surface area contributed by atoms with Crippen LogP contribution in [0.2, 0.25) is 10.0 Å². The minimum absolute atomic E-state index is 0.222. The fourth-order valence-corrected chi connectivity index (χ4v) is 9.21. The lowest BCUT2D eigenvalue weighted by atomic mass is 9.92. The van der Waals surface area contributed by atoms with Crippen LogP contribution in [-0.2, 0) is 49.1 Å². The van der Waals surface area contributed by atoms with Gasteiger partial charge in [-0.05, 0) is 109 Å². The van der Waals surface area contributed by atoms with Gasteiger partial charge in [0.25, 0.3) is 0 Å². The fraction of sp³-hybridized carbons (Fsp3) is 0.321. The van der Waals surface area contributed by atoms with E-state index in [1.165, 1.54) is 0 Å². The molecule has 2 atom stereocenters. The number of aromatic nitrogens is 2. The highest BCUT2D eigenvalue weighted by Crippen LogP contribution is 2.39. The average Bonchev–Trinajstić information content (AvgIpc) is 4.31. The van der Waals surface area contributed by atoms with Gasteiger partial charge in [-0.25, -0.2) is 0 Å². The number of ether oxygens (including phenoxy) is 4. The van der Waals surface area contributed by atoms with Gasteiger partial charge in [-0.3, -0.25) is 29.5 Å². The standard InChI is InChI=1S/C56H60Cl2N8O6/c1-33-41(31-71-51-19-49(69-29-37-15-35(21-61-3)23-63-25-37)43(17-47(51)57)27-65-53(55(59)67)39-11-12-39)7-5-9-45(33)46-10-6-8-42(34(46)2)32-72-52-20-50(70-30-38-16-36(22-62-4)24-64-26-38)44(18-48(52)58)28-66-54(56(60)68)40-13-14-40/h5-10,15-26,39-40,53-54,65-66H,11-14,27-32H2,1-4H3,(H2,59,67)(H2,60,68)/b61-21+,62-22+/t53-,54-/m0/s1. The number of nitrogens with one attached hydrogen (secondary N) is 2.